The molecule has 13 heteroatoms. The molecule has 1 aromatic carbocycles. The fraction of sp³-hybridized carbons (Fsp3) is 0.548. The maximum atomic E-state index is 14.6. The van der Waals surface area contributed by atoms with Crippen LogP contribution in [0.25, 0.3) is 0 Å². The normalized spacial score (nSPS) is 21.1. The van der Waals surface area contributed by atoms with Gasteiger partial charge >= 0.3 is 12.2 Å². The van der Waals surface area contributed by atoms with Crippen LogP contribution in [0.1, 0.15) is 43.0 Å². The monoisotopic (exact) mass is 615 g/mol. The third-order valence-corrected chi connectivity index (χ3v) is 8.67. The number of carbonyl (C=O) groups excluding carboxylic acids is 1. The number of fused-ring (bicyclic) bond motifs is 1. The van der Waals surface area contributed by atoms with Crippen molar-refractivity contribution in [3.8, 4) is 12.1 Å². The van der Waals surface area contributed by atoms with Crippen LogP contribution in [0, 0.1) is 22.6 Å². The second-order valence-electron chi connectivity index (χ2n) is 12.3. The van der Waals surface area contributed by atoms with Gasteiger partial charge in [0.25, 0.3) is 0 Å². The lowest BCUT2D eigenvalue weighted by atomic mass is 9.96. The van der Waals surface area contributed by atoms with Gasteiger partial charge in [-0.25, -0.2) is 4.39 Å². The van der Waals surface area contributed by atoms with Gasteiger partial charge in [0.1, 0.15) is 17.2 Å². The predicted molar refractivity (Wildman–Crippen MR) is 157 cm³/mol. The number of anilines is 2. The van der Waals surface area contributed by atoms with Crippen LogP contribution in [0.4, 0.5) is 29.1 Å². The molecule has 0 bridgehead atoms. The molecule has 0 spiro atoms. The van der Waals surface area contributed by atoms with Gasteiger partial charge in [0.05, 0.1) is 43.1 Å². The first-order valence-electron chi connectivity index (χ1n) is 14.7. The van der Waals surface area contributed by atoms with Crippen molar-refractivity contribution in [3.05, 3.63) is 53.5 Å². The Kier molecular flexibility index (Phi) is 8.75. The van der Waals surface area contributed by atoms with Crippen molar-refractivity contribution < 1.29 is 27.1 Å². The fourth-order valence-corrected chi connectivity index (χ4v) is 6.39. The number of nitrogens with zero attached hydrogens (tertiary/aromatic N) is 7. The summed E-state index contributed by atoms with van der Waals surface area (Å²) in [7, 11) is 4.00. The van der Waals surface area contributed by atoms with E-state index in [1.165, 1.54) is 23.1 Å². The first-order valence-corrected chi connectivity index (χ1v) is 14.7. The number of benzene rings is 1. The maximum Gasteiger partial charge on any atom is 0.421 e. The van der Waals surface area contributed by atoms with E-state index >= 15 is 0 Å². The largest absolute Gasteiger partial charge is 0.463 e. The quantitative estimate of drug-likeness (QED) is 0.303. The van der Waals surface area contributed by atoms with E-state index in [4.69, 9.17) is 14.7 Å². The number of alkyl halides is 3. The van der Waals surface area contributed by atoms with Gasteiger partial charge in [-0.05, 0) is 58.5 Å². The minimum atomic E-state index is -4.88. The summed E-state index contributed by atoms with van der Waals surface area (Å²) in [4.78, 5) is 29.3. The number of piperazine rings is 1. The van der Waals surface area contributed by atoms with E-state index in [1.54, 1.807) is 11.8 Å². The number of halogens is 4. The highest BCUT2D eigenvalue weighted by atomic mass is 19.4. The standard InChI is InChI=1S/C31H37F4N7O2/c1-5-26(43)41-14-13-40(16-21(41)9-12-36)28-22-15-20(2)42(25-8-6-7-23(32)27(25)31(33,34)35)17-24(22)37-29(38-28)44-19-30(10-11-30)18-39(3)4/h5-8,20-21H,1,9-11,13-19H2,2-4H3/t20-,21?/m1/s1. The van der Waals surface area contributed by atoms with E-state index in [2.05, 4.69) is 17.5 Å². The third-order valence-electron chi connectivity index (χ3n) is 8.67. The molecule has 1 saturated carbocycles. The summed E-state index contributed by atoms with van der Waals surface area (Å²) in [5.74, 6) is -1.00. The van der Waals surface area contributed by atoms with Gasteiger partial charge in [-0.1, -0.05) is 12.6 Å². The fourth-order valence-electron chi connectivity index (χ4n) is 6.39. The number of hydrogen-bond acceptors (Lipinski definition) is 8. The van der Waals surface area contributed by atoms with Crippen molar-refractivity contribution in [2.75, 3.05) is 56.7 Å². The lowest BCUT2D eigenvalue weighted by molar-refractivity contribution is -0.139. The number of carbonyl (C=O) groups is 1. The Labute approximate surface area is 254 Å². The first-order chi connectivity index (χ1) is 20.9. The van der Waals surface area contributed by atoms with Crippen molar-refractivity contribution in [3.63, 3.8) is 0 Å². The number of ether oxygens (including phenoxy) is 1. The van der Waals surface area contributed by atoms with Crippen molar-refractivity contribution >= 4 is 17.4 Å². The SMILES string of the molecule is C=CC(=O)N1CCN(c2nc(OCC3(CN(C)C)CC3)nc3c2C[C@@H](C)N(c2cccc(F)c2C(F)(F)F)C3)CC1CC#N. The molecule has 2 fully saturated rings. The maximum absolute atomic E-state index is 14.6. The molecule has 5 rings (SSSR count). The van der Waals surface area contributed by atoms with Crippen LogP contribution in [-0.4, -0.2) is 84.6 Å². The number of amides is 1. The highest BCUT2D eigenvalue weighted by molar-refractivity contribution is 5.87. The molecule has 2 aliphatic heterocycles. The summed E-state index contributed by atoms with van der Waals surface area (Å²) in [5, 5.41) is 9.48. The van der Waals surface area contributed by atoms with Gasteiger partial charge in [0.15, 0.2) is 0 Å². The Bertz CT molecular complexity index is 1450. The molecule has 44 heavy (non-hydrogen) atoms. The molecule has 2 atom stereocenters. The van der Waals surface area contributed by atoms with E-state index in [0.717, 1.165) is 31.0 Å². The van der Waals surface area contributed by atoms with Gasteiger partial charge in [-0.3, -0.25) is 4.79 Å². The van der Waals surface area contributed by atoms with E-state index in [-0.39, 0.29) is 36.0 Å². The minimum absolute atomic E-state index is 0.00566. The van der Waals surface area contributed by atoms with E-state index in [0.29, 0.717) is 44.2 Å². The average molecular weight is 616 g/mol. The van der Waals surface area contributed by atoms with E-state index in [9.17, 15) is 27.6 Å². The molecule has 1 aliphatic carbocycles. The smallest absolute Gasteiger partial charge is 0.421 e. The Morgan fingerprint density at radius 2 is 2.02 bits per heavy atom. The molecule has 3 heterocycles. The zero-order valence-corrected chi connectivity index (χ0v) is 25.2. The summed E-state index contributed by atoms with van der Waals surface area (Å²) >= 11 is 0. The number of nitriles is 1. The van der Waals surface area contributed by atoms with Crippen LogP contribution >= 0.6 is 0 Å². The van der Waals surface area contributed by atoms with Crippen LogP contribution in [0.2, 0.25) is 0 Å². The first kappa shape index (κ1) is 31.5. The Hall–Kier alpha value is -3.92. The molecule has 9 nitrogen and oxygen atoms in total. The minimum Gasteiger partial charge on any atom is -0.463 e. The van der Waals surface area contributed by atoms with Gasteiger partial charge in [-0.2, -0.15) is 28.4 Å². The van der Waals surface area contributed by atoms with Gasteiger partial charge in [0.2, 0.25) is 5.91 Å². The third kappa shape index (κ3) is 6.45. The highest BCUT2D eigenvalue weighted by Crippen LogP contribution is 2.46. The second kappa shape index (κ2) is 12.2. The summed E-state index contributed by atoms with van der Waals surface area (Å²) in [6.45, 7) is 7.70. The van der Waals surface area contributed by atoms with Crippen molar-refractivity contribution in [2.45, 2.75) is 57.4 Å². The lowest BCUT2D eigenvalue weighted by Gasteiger charge is -2.43. The van der Waals surface area contributed by atoms with E-state index in [1.807, 2.05) is 19.0 Å². The molecule has 236 valence electrons. The molecule has 0 radical (unpaired) electrons. The predicted octanol–water partition coefficient (Wildman–Crippen LogP) is 4.42. The van der Waals surface area contributed by atoms with Crippen molar-refractivity contribution in [1.82, 2.24) is 19.8 Å². The van der Waals surface area contributed by atoms with Crippen LogP contribution < -0.4 is 14.5 Å². The zero-order valence-electron chi connectivity index (χ0n) is 25.2. The topological polar surface area (TPSA) is 88.8 Å². The van der Waals surface area contributed by atoms with Gasteiger partial charge in [0, 0.05) is 43.2 Å². The molecule has 2 aromatic rings. The second-order valence-corrected chi connectivity index (χ2v) is 12.3. The van der Waals surface area contributed by atoms with Crippen LogP contribution in [0.15, 0.2) is 30.9 Å². The van der Waals surface area contributed by atoms with Crippen molar-refractivity contribution in [2.24, 2.45) is 5.41 Å². The van der Waals surface area contributed by atoms with Gasteiger partial charge < -0.3 is 24.3 Å². The van der Waals surface area contributed by atoms with E-state index < -0.39 is 29.6 Å². The molecule has 1 aromatic heterocycles. The highest BCUT2D eigenvalue weighted by Gasteiger charge is 2.45. The Morgan fingerprint density at radius 3 is 2.66 bits per heavy atom. The molecule has 1 amide bonds. The molecular weight excluding hydrogens is 578 g/mol. The average Bonchev–Trinajstić information content (AvgIpc) is 3.73. The number of hydrogen-bond donors (Lipinski definition) is 0. The molecule has 1 saturated heterocycles. The summed E-state index contributed by atoms with van der Waals surface area (Å²) < 4.78 is 62.7. The lowest BCUT2D eigenvalue weighted by Crippen LogP contribution is -2.55. The van der Waals surface area contributed by atoms with Crippen molar-refractivity contribution in [1.29, 1.82) is 5.26 Å². The van der Waals surface area contributed by atoms with Crippen LogP contribution in [0.5, 0.6) is 6.01 Å². The van der Waals surface area contributed by atoms with Gasteiger partial charge in [-0.15, -0.1) is 0 Å². The zero-order chi connectivity index (χ0) is 31.8. The summed E-state index contributed by atoms with van der Waals surface area (Å²) in [5.41, 5.74) is -0.296. The molecule has 1 unspecified atom stereocenters. The summed E-state index contributed by atoms with van der Waals surface area (Å²) in [6.07, 6.45) is -1.22. The number of rotatable bonds is 9. The van der Waals surface area contributed by atoms with Crippen LogP contribution in [-0.2, 0) is 23.9 Å². The molecular formula is C31H37F4N7O2. The Morgan fingerprint density at radius 1 is 1.27 bits per heavy atom. The molecule has 3 aliphatic rings. The Balaban J connectivity index is 1.52. The number of aromatic nitrogens is 2. The van der Waals surface area contributed by atoms with Crippen LogP contribution in [0.3, 0.4) is 0 Å². The summed E-state index contributed by atoms with van der Waals surface area (Å²) in [6, 6.07) is 4.82. The molecule has 0 N–H and O–H groups in total.